The van der Waals surface area contributed by atoms with E-state index in [0.29, 0.717) is 17.0 Å². The summed E-state index contributed by atoms with van der Waals surface area (Å²) in [5, 5.41) is 20.9. The van der Waals surface area contributed by atoms with Crippen molar-refractivity contribution in [3.8, 4) is 6.07 Å². The largest absolute Gasteiger partial charge is 0.416 e. The Bertz CT molecular complexity index is 442. The molecule has 1 aliphatic rings. The van der Waals surface area contributed by atoms with Gasteiger partial charge in [-0.3, -0.25) is 0 Å². The molecule has 2 unspecified atom stereocenters. The summed E-state index contributed by atoms with van der Waals surface area (Å²) < 4.78 is 5.31. The van der Waals surface area contributed by atoms with Crippen LogP contribution in [0.25, 0.3) is 0 Å². The molecule has 0 radical (unpaired) electrons. The molecule has 98 valence electrons. The van der Waals surface area contributed by atoms with Crippen molar-refractivity contribution in [1.29, 1.82) is 5.26 Å². The van der Waals surface area contributed by atoms with Gasteiger partial charge in [0.2, 0.25) is 5.89 Å². The molecule has 6 heteroatoms. The summed E-state index contributed by atoms with van der Waals surface area (Å²) >= 11 is 1.57. The zero-order valence-electron chi connectivity index (χ0n) is 10.8. The molecule has 5 nitrogen and oxygen atoms in total. The minimum atomic E-state index is -0.328. The molecule has 1 aliphatic carbocycles. The first kappa shape index (κ1) is 13.4. The Morgan fingerprint density at radius 1 is 1.61 bits per heavy atom. The van der Waals surface area contributed by atoms with Gasteiger partial charge in [-0.25, -0.2) is 0 Å². The molecule has 0 bridgehead atoms. The average Bonchev–Trinajstić information content (AvgIpc) is 2.97. The molecule has 0 saturated heterocycles. The lowest BCUT2D eigenvalue weighted by Gasteiger charge is -2.27. The van der Waals surface area contributed by atoms with Gasteiger partial charge in [0.1, 0.15) is 5.54 Å². The van der Waals surface area contributed by atoms with E-state index >= 15 is 0 Å². The van der Waals surface area contributed by atoms with Crippen LogP contribution in [0.15, 0.2) is 9.64 Å². The SMILES string of the molecule is CNC1(C#N)CCCC1CCSc1nnc(C)o1. The number of hydrogen-bond acceptors (Lipinski definition) is 6. The molecule has 0 aliphatic heterocycles. The summed E-state index contributed by atoms with van der Waals surface area (Å²) in [6.07, 6.45) is 4.21. The van der Waals surface area contributed by atoms with Crippen molar-refractivity contribution in [3.63, 3.8) is 0 Å². The van der Waals surface area contributed by atoms with Crippen LogP contribution < -0.4 is 5.32 Å². The van der Waals surface area contributed by atoms with Gasteiger partial charge in [0.25, 0.3) is 5.22 Å². The molecule has 2 atom stereocenters. The van der Waals surface area contributed by atoms with E-state index in [1.807, 2.05) is 7.05 Å². The van der Waals surface area contributed by atoms with E-state index in [-0.39, 0.29) is 5.54 Å². The van der Waals surface area contributed by atoms with Crippen molar-refractivity contribution in [3.05, 3.63) is 5.89 Å². The van der Waals surface area contributed by atoms with Gasteiger partial charge < -0.3 is 9.73 Å². The van der Waals surface area contributed by atoms with E-state index < -0.39 is 0 Å². The van der Waals surface area contributed by atoms with Crippen LogP contribution in [0, 0.1) is 24.2 Å². The van der Waals surface area contributed by atoms with E-state index in [1.54, 1.807) is 18.7 Å². The third-order valence-electron chi connectivity index (χ3n) is 3.67. The number of aromatic nitrogens is 2. The molecule has 0 aromatic carbocycles. The van der Waals surface area contributed by atoms with Crippen molar-refractivity contribution < 1.29 is 4.42 Å². The van der Waals surface area contributed by atoms with Crippen LogP contribution in [0.3, 0.4) is 0 Å². The number of nitrogens with one attached hydrogen (secondary N) is 1. The first-order valence-electron chi connectivity index (χ1n) is 6.23. The fourth-order valence-corrected chi connectivity index (χ4v) is 3.48. The zero-order valence-corrected chi connectivity index (χ0v) is 11.6. The fraction of sp³-hybridized carbons (Fsp3) is 0.750. The normalized spacial score (nSPS) is 27.3. The molecule has 1 aromatic heterocycles. The number of aryl methyl sites for hydroxylation is 1. The van der Waals surface area contributed by atoms with Crippen LogP contribution in [0.2, 0.25) is 0 Å². The Kier molecular flexibility index (Phi) is 4.25. The van der Waals surface area contributed by atoms with Crippen LogP contribution >= 0.6 is 11.8 Å². The second kappa shape index (κ2) is 5.72. The van der Waals surface area contributed by atoms with E-state index in [9.17, 15) is 5.26 Å². The summed E-state index contributed by atoms with van der Waals surface area (Å²) in [5.74, 6) is 1.93. The Balaban J connectivity index is 1.85. The van der Waals surface area contributed by atoms with Crippen LogP contribution in [0.5, 0.6) is 0 Å². The molecule has 1 N–H and O–H groups in total. The van der Waals surface area contributed by atoms with Crippen LogP contribution in [-0.2, 0) is 0 Å². The van der Waals surface area contributed by atoms with Gasteiger partial charge in [0.15, 0.2) is 0 Å². The molecular weight excluding hydrogens is 248 g/mol. The third kappa shape index (κ3) is 2.68. The van der Waals surface area contributed by atoms with E-state index in [0.717, 1.165) is 31.4 Å². The maximum atomic E-state index is 9.35. The molecule has 2 rings (SSSR count). The molecule has 0 spiro atoms. The van der Waals surface area contributed by atoms with Crippen molar-refractivity contribution in [1.82, 2.24) is 15.5 Å². The number of rotatable bonds is 5. The van der Waals surface area contributed by atoms with Gasteiger partial charge >= 0.3 is 0 Å². The molecule has 18 heavy (non-hydrogen) atoms. The minimum Gasteiger partial charge on any atom is -0.416 e. The number of nitrogens with zero attached hydrogens (tertiary/aromatic N) is 3. The summed E-state index contributed by atoms with van der Waals surface area (Å²) in [6.45, 7) is 1.79. The van der Waals surface area contributed by atoms with Crippen molar-refractivity contribution in [2.75, 3.05) is 12.8 Å². The molecule has 1 saturated carbocycles. The van der Waals surface area contributed by atoms with Crippen LogP contribution in [0.4, 0.5) is 0 Å². The van der Waals surface area contributed by atoms with E-state index in [4.69, 9.17) is 4.42 Å². The van der Waals surface area contributed by atoms with E-state index in [2.05, 4.69) is 21.6 Å². The quantitative estimate of drug-likeness (QED) is 0.823. The Morgan fingerprint density at radius 3 is 3.06 bits per heavy atom. The number of nitriles is 1. The van der Waals surface area contributed by atoms with Crippen molar-refractivity contribution >= 4 is 11.8 Å². The smallest absolute Gasteiger partial charge is 0.276 e. The van der Waals surface area contributed by atoms with Gasteiger partial charge in [-0.05, 0) is 32.2 Å². The van der Waals surface area contributed by atoms with Gasteiger partial charge in [-0.1, -0.05) is 18.2 Å². The van der Waals surface area contributed by atoms with Gasteiger partial charge in [0, 0.05) is 12.7 Å². The molecule has 1 aromatic rings. The van der Waals surface area contributed by atoms with E-state index in [1.165, 1.54) is 0 Å². The summed E-state index contributed by atoms with van der Waals surface area (Å²) in [5.41, 5.74) is -0.328. The van der Waals surface area contributed by atoms with Crippen LogP contribution in [0.1, 0.15) is 31.6 Å². The maximum absolute atomic E-state index is 9.35. The lowest BCUT2D eigenvalue weighted by Crippen LogP contribution is -2.44. The first-order chi connectivity index (χ1) is 8.70. The Labute approximate surface area is 111 Å². The van der Waals surface area contributed by atoms with Gasteiger partial charge in [-0.2, -0.15) is 5.26 Å². The average molecular weight is 266 g/mol. The highest BCUT2D eigenvalue weighted by atomic mass is 32.2. The van der Waals surface area contributed by atoms with Crippen molar-refractivity contribution in [2.45, 2.75) is 43.4 Å². The predicted molar refractivity (Wildman–Crippen MR) is 69.1 cm³/mol. The number of hydrogen-bond donors (Lipinski definition) is 1. The predicted octanol–water partition coefficient (Wildman–Crippen LogP) is 2.14. The van der Waals surface area contributed by atoms with Gasteiger partial charge in [-0.15, -0.1) is 10.2 Å². The fourth-order valence-electron chi connectivity index (χ4n) is 2.63. The topological polar surface area (TPSA) is 74.7 Å². The molecular formula is C12H18N4OS. The highest BCUT2D eigenvalue weighted by Crippen LogP contribution is 2.38. The molecule has 0 amide bonds. The summed E-state index contributed by atoms with van der Waals surface area (Å²) in [6, 6.07) is 2.46. The maximum Gasteiger partial charge on any atom is 0.276 e. The highest BCUT2D eigenvalue weighted by Gasteiger charge is 2.41. The number of thioether (sulfide) groups is 1. The molecule has 1 fully saturated rings. The second-order valence-corrected chi connectivity index (χ2v) is 5.69. The van der Waals surface area contributed by atoms with Crippen LogP contribution in [-0.4, -0.2) is 28.5 Å². The Hall–Kier alpha value is -1.06. The third-order valence-corrected chi connectivity index (χ3v) is 4.52. The molecule has 1 heterocycles. The van der Waals surface area contributed by atoms with Gasteiger partial charge in [0.05, 0.1) is 6.07 Å². The first-order valence-corrected chi connectivity index (χ1v) is 7.22. The van der Waals surface area contributed by atoms with Crippen molar-refractivity contribution in [2.24, 2.45) is 5.92 Å². The lowest BCUT2D eigenvalue weighted by atomic mass is 9.87. The lowest BCUT2D eigenvalue weighted by molar-refractivity contribution is 0.331. The summed E-state index contributed by atoms with van der Waals surface area (Å²) in [7, 11) is 1.88. The monoisotopic (exact) mass is 266 g/mol. The highest BCUT2D eigenvalue weighted by molar-refractivity contribution is 7.99. The Morgan fingerprint density at radius 2 is 2.44 bits per heavy atom. The second-order valence-electron chi connectivity index (χ2n) is 4.65. The zero-order chi connectivity index (χ0) is 13.0. The minimum absolute atomic E-state index is 0.328. The standard InChI is InChI=1S/C12H18N4OS/c1-9-15-16-11(17-9)18-7-5-10-4-3-6-12(10,8-13)14-2/h10,14H,3-7H2,1-2H3. The summed E-state index contributed by atoms with van der Waals surface area (Å²) in [4.78, 5) is 0.